The Morgan fingerprint density at radius 2 is 2.04 bits per heavy atom. The molecule has 3 saturated heterocycles. The summed E-state index contributed by atoms with van der Waals surface area (Å²) < 4.78 is 13.3. The molecule has 1 N–H and O–H groups in total. The average Bonchev–Trinajstić information content (AvgIpc) is 3.47. The van der Waals surface area contributed by atoms with E-state index >= 15 is 0 Å². The molecule has 1 aromatic heterocycles. The van der Waals surface area contributed by atoms with Crippen LogP contribution in [0.5, 0.6) is 0 Å². The van der Waals surface area contributed by atoms with Crippen molar-refractivity contribution in [3.05, 3.63) is 11.6 Å². The van der Waals surface area contributed by atoms with E-state index in [0.717, 1.165) is 83.0 Å². The molecule has 3 aliphatic heterocycles. The lowest BCUT2D eigenvalue weighted by Crippen LogP contribution is -2.47. The molecular weight excluding hydrogens is 358 g/mol. The number of nitrogens with zero attached hydrogens (tertiary/aromatic N) is 6. The van der Waals surface area contributed by atoms with Crippen molar-refractivity contribution in [3.8, 4) is 0 Å². The molecule has 0 radical (unpaired) electrons. The Morgan fingerprint density at radius 1 is 1.18 bits per heavy atom. The van der Waals surface area contributed by atoms with Gasteiger partial charge >= 0.3 is 0 Å². The van der Waals surface area contributed by atoms with Gasteiger partial charge in [0.15, 0.2) is 11.8 Å². The lowest BCUT2D eigenvalue weighted by atomic mass is 10.2. The minimum absolute atomic E-state index is 0.292. The van der Waals surface area contributed by atoms with Gasteiger partial charge in [0.2, 0.25) is 0 Å². The molecule has 2 atom stereocenters. The minimum Gasteiger partial charge on any atom is -0.379 e. The Bertz CT molecular complexity index is 665. The first kappa shape index (κ1) is 19.6. The van der Waals surface area contributed by atoms with Crippen LogP contribution in [0, 0.1) is 6.92 Å². The van der Waals surface area contributed by atoms with Crippen LogP contribution in [0.25, 0.3) is 0 Å². The Hall–Kier alpha value is -1.71. The SMILES string of the molecule is Cc1nnc(CN=C(NCC2CCCO2)N2CCC(N3CCOCC3)C2)n1C. The van der Waals surface area contributed by atoms with Gasteiger partial charge in [-0.05, 0) is 26.2 Å². The summed E-state index contributed by atoms with van der Waals surface area (Å²) in [6.07, 6.45) is 3.74. The molecule has 3 aliphatic rings. The van der Waals surface area contributed by atoms with Gasteiger partial charge in [0.25, 0.3) is 0 Å². The maximum atomic E-state index is 5.78. The van der Waals surface area contributed by atoms with Crippen LogP contribution < -0.4 is 5.32 Å². The van der Waals surface area contributed by atoms with Gasteiger partial charge < -0.3 is 24.3 Å². The number of aryl methyl sites for hydroxylation is 1. The van der Waals surface area contributed by atoms with Gasteiger partial charge in [0.05, 0.1) is 19.3 Å². The van der Waals surface area contributed by atoms with Crippen LogP contribution in [0.3, 0.4) is 0 Å². The summed E-state index contributed by atoms with van der Waals surface area (Å²) in [7, 11) is 1.99. The topological polar surface area (TPSA) is 80.0 Å². The number of rotatable bonds is 5. The number of morpholine rings is 1. The molecule has 2 unspecified atom stereocenters. The predicted molar refractivity (Wildman–Crippen MR) is 106 cm³/mol. The Morgan fingerprint density at radius 3 is 2.75 bits per heavy atom. The van der Waals surface area contributed by atoms with Gasteiger partial charge in [-0.2, -0.15) is 0 Å². The lowest BCUT2D eigenvalue weighted by molar-refractivity contribution is 0.0194. The molecule has 1 aromatic rings. The Labute approximate surface area is 167 Å². The van der Waals surface area contributed by atoms with Crippen LogP contribution >= 0.6 is 0 Å². The highest BCUT2D eigenvalue weighted by molar-refractivity contribution is 5.80. The maximum Gasteiger partial charge on any atom is 0.194 e. The van der Waals surface area contributed by atoms with Gasteiger partial charge in [-0.3, -0.25) is 4.90 Å². The molecule has 4 heterocycles. The number of aliphatic imine (C=N–C) groups is 1. The second kappa shape index (κ2) is 9.19. The third-order valence-electron chi connectivity index (χ3n) is 6.09. The zero-order valence-corrected chi connectivity index (χ0v) is 17.1. The highest BCUT2D eigenvalue weighted by atomic mass is 16.5. The highest BCUT2D eigenvalue weighted by Crippen LogP contribution is 2.18. The van der Waals surface area contributed by atoms with Gasteiger partial charge in [-0.25, -0.2) is 4.99 Å². The molecule has 0 aliphatic carbocycles. The summed E-state index contributed by atoms with van der Waals surface area (Å²) in [5.41, 5.74) is 0. The van der Waals surface area contributed by atoms with Crippen molar-refractivity contribution in [1.29, 1.82) is 0 Å². The summed E-state index contributed by atoms with van der Waals surface area (Å²) in [5.74, 6) is 2.76. The third kappa shape index (κ3) is 4.64. The summed E-state index contributed by atoms with van der Waals surface area (Å²) in [6.45, 7) is 9.98. The lowest BCUT2D eigenvalue weighted by Gasteiger charge is -2.32. The molecule has 0 aromatic carbocycles. The zero-order chi connectivity index (χ0) is 19.3. The van der Waals surface area contributed by atoms with Gasteiger partial charge in [0, 0.05) is 52.4 Å². The Kier molecular flexibility index (Phi) is 6.43. The van der Waals surface area contributed by atoms with Crippen LogP contribution in [0.15, 0.2) is 4.99 Å². The standard InChI is InChI=1S/C19H33N7O2/c1-15-22-23-18(24(15)2)13-21-19(20-12-17-4-3-9-28-17)26-6-5-16(14-26)25-7-10-27-11-8-25/h16-17H,3-14H2,1-2H3,(H,20,21). The van der Waals surface area contributed by atoms with Crippen molar-refractivity contribution >= 4 is 5.96 Å². The van der Waals surface area contributed by atoms with Crippen LogP contribution in [-0.4, -0.2) is 95.2 Å². The first-order valence-electron chi connectivity index (χ1n) is 10.5. The third-order valence-corrected chi connectivity index (χ3v) is 6.09. The van der Waals surface area contributed by atoms with Crippen molar-refractivity contribution in [2.45, 2.75) is 44.9 Å². The molecule has 0 saturated carbocycles. The number of likely N-dealkylation sites (tertiary alicyclic amines) is 1. The summed E-state index contributed by atoms with van der Waals surface area (Å²) in [4.78, 5) is 9.85. The number of aromatic nitrogens is 3. The van der Waals surface area contributed by atoms with Crippen LogP contribution in [0.2, 0.25) is 0 Å². The van der Waals surface area contributed by atoms with Gasteiger partial charge in [-0.15, -0.1) is 10.2 Å². The van der Waals surface area contributed by atoms with Crippen molar-refractivity contribution in [2.24, 2.45) is 12.0 Å². The van der Waals surface area contributed by atoms with Crippen molar-refractivity contribution in [2.75, 3.05) is 52.5 Å². The smallest absolute Gasteiger partial charge is 0.194 e. The second-order valence-corrected chi connectivity index (χ2v) is 7.92. The number of hydrogen-bond acceptors (Lipinski definition) is 6. The predicted octanol–water partition coefficient (Wildman–Crippen LogP) is 0.155. The van der Waals surface area contributed by atoms with E-state index in [1.54, 1.807) is 0 Å². The maximum absolute atomic E-state index is 5.78. The molecule has 9 nitrogen and oxygen atoms in total. The fourth-order valence-corrected chi connectivity index (χ4v) is 4.19. The monoisotopic (exact) mass is 391 g/mol. The molecule has 4 rings (SSSR count). The molecule has 156 valence electrons. The van der Waals surface area contributed by atoms with Crippen molar-refractivity contribution in [1.82, 2.24) is 29.9 Å². The van der Waals surface area contributed by atoms with E-state index in [1.807, 2.05) is 18.5 Å². The first-order chi connectivity index (χ1) is 13.7. The molecule has 0 amide bonds. The van der Waals surface area contributed by atoms with Crippen molar-refractivity contribution in [3.63, 3.8) is 0 Å². The summed E-state index contributed by atoms with van der Waals surface area (Å²) >= 11 is 0. The quantitative estimate of drug-likeness (QED) is 0.565. The van der Waals surface area contributed by atoms with E-state index in [0.29, 0.717) is 18.7 Å². The van der Waals surface area contributed by atoms with Crippen LogP contribution in [0.4, 0.5) is 0 Å². The molecule has 9 heteroatoms. The fraction of sp³-hybridized carbons (Fsp3) is 0.842. The summed E-state index contributed by atoms with van der Waals surface area (Å²) in [5, 5.41) is 12.0. The minimum atomic E-state index is 0.292. The van der Waals surface area contributed by atoms with E-state index in [4.69, 9.17) is 14.5 Å². The number of nitrogens with one attached hydrogen (secondary N) is 1. The highest BCUT2D eigenvalue weighted by Gasteiger charge is 2.30. The van der Waals surface area contributed by atoms with Crippen LogP contribution in [0.1, 0.15) is 30.9 Å². The first-order valence-corrected chi connectivity index (χ1v) is 10.5. The van der Waals surface area contributed by atoms with E-state index in [2.05, 4.69) is 25.3 Å². The van der Waals surface area contributed by atoms with E-state index in [1.165, 1.54) is 6.42 Å². The van der Waals surface area contributed by atoms with Gasteiger partial charge in [0.1, 0.15) is 12.4 Å². The second-order valence-electron chi connectivity index (χ2n) is 7.92. The Balaban J connectivity index is 1.41. The summed E-state index contributed by atoms with van der Waals surface area (Å²) in [6, 6.07) is 0.579. The number of ether oxygens (including phenoxy) is 2. The normalized spacial score (nSPS) is 26.9. The molecular formula is C19H33N7O2. The molecule has 0 spiro atoms. The van der Waals surface area contributed by atoms with E-state index < -0.39 is 0 Å². The van der Waals surface area contributed by atoms with Crippen LogP contribution in [-0.2, 0) is 23.1 Å². The number of hydrogen-bond donors (Lipinski definition) is 1. The molecule has 0 bridgehead atoms. The van der Waals surface area contributed by atoms with E-state index in [-0.39, 0.29) is 0 Å². The molecule has 28 heavy (non-hydrogen) atoms. The van der Waals surface area contributed by atoms with E-state index in [9.17, 15) is 0 Å². The average molecular weight is 392 g/mol. The van der Waals surface area contributed by atoms with Crippen molar-refractivity contribution < 1.29 is 9.47 Å². The molecule has 3 fully saturated rings. The number of guanidine groups is 1. The zero-order valence-electron chi connectivity index (χ0n) is 17.1. The van der Waals surface area contributed by atoms with Gasteiger partial charge in [-0.1, -0.05) is 0 Å². The fourth-order valence-electron chi connectivity index (χ4n) is 4.19. The largest absolute Gasteiger partial charge is 0.379 e.